The maximum atomic E-state index is 4.63. The zero-order chi connectivity index (χ0) is 11.7. The summed E-state index contributed by atoms with van der Waals surface area (Å²) in [7, 11) is 1.86. The van der Waals surface area contributed by atoms with Gasteiger partial charge in [-0.25, -0.2) is 9.97 Å². The quantitative estimate of drug-likeness (QED) is 0.747. The van der Waals surface area contributed by atoms with E-state index in [9.17, 15) is 0 Å². The summed E-state index contributed by atoms with van der Waals surface area (Å²) in [5.41, 5.74) is 2.15. The van der Waals surface area contributed by atoms with Crippen LogP contribution in [0.3, 0.4) is 0 Å². The Kier molecular flexibility index (Phi) is 2.49. The van der Waals surface area contributed by atoms with Crippen molar-refractivity contribution in [3.63, 3.8) is 0 Å². The first-order valence-electron chi connectivity index (χ1n) is 5.36. The van der Waals surface area contributed by atoms with Gasteiger partial charge >= 0.3 is 0 Å². The zero-order valence-electron chi connectivity index (χ0n) is 9.34. The maximum absolute atomic E-state index is 4.63. The topological polar surface area (TPSA) is 37.8 Å². The molecule has 3 nitrogen and oxygen atoms in total. The molecule has 84 valence electrons. The predicted molar refractivity (Wildman–Crippen MR) is 72.4 cm³/mol. The number of rotatable bonds is 2. The zero-order valence-corrected chi connectivity index (χ0v) is 10.2. The van der Waals surface area contributed by atoms with Crippen LogP contribution in [0.5, 0.6) is 0 Å². The molecule has 2 aromatic heterocycles. The number of nitrogens with zero attached hydrogens (tertiary/aromatic N) is 2. The molecule has 0 aliphatic heterocycles. The van der Waals surface area contributed by atoms with Crippen molar-refractivity contribution in [2.75, 3.05) is 12.4 Å². The fourth-order valence-electron chi connectivity index (χ4n) is 1.68. The van der Waals surface area contributed by atoms with Gasteiger partial charge in [0.15, 0.2) is 0 Å². The lowest BCUT2D eigenvalue weighted by Crippen LogP contribution is -1.90. The van der Waals surface area contributed by atoms with Gasteiger partial charge in [-0.2, -0.15) is 0 Å². The molecular weight excluding hydrogens is 230 g/mol. The van der Waals surface area contributed by atoms with Gasteiger partial charge in [0.25, 0.3) is 0 Å². The van der Waals surface area contributed by atoms with Gasteiger partial charge in [-0.1, -0.05) is 30.3 Å². The highest BCUT2D eigenvalue weighted by atomic mass is 32.1. The van der Waals surface area contributed by atoms with Crippen molar-refractivity contribution in [2.24, 2.45) is 0 Å². The summed E-state index contributed by atoms with van der Waals surface area (Å²) < 4.78 is 1.11. The van der Waals surface area contributed by atoms with E-state index in [0.29, 0.717) is 0 Å². The summed E-state index contributed by atoms with van der Waals surface area (Å²) in [6, 6.07) is 12.2. The molecule has 4 heteroatoms. The van der Waals surface area contributed by atoms with Crippen LogP contribution in [-0.2, 0) is 0 Å². The number of hydrogen-bond acceptors (Lipinski definition) is 4. The molecule has 0 radical (unpaired) electrons. The first-order valence-corrected chi connectivity index (χ1v) is 6.18. The summed E-state index contributed by atoms with van der Waals surface area (Å²) in [5, 5.41) is 4.06. The van der Waals surface area contributed by atoms with Crippen LogP contribution in [0.25, 0.3) is 20.8 Å². The molecule has 0 saturated heterocycles. The van der Waals surface area contributed by atoms with Crippen LogP contribution in [0.2, 0.25) is 0 Å². The molecule has 0 amide bonds. The Morgan fingerprint density at radius 2 is 2.00 bits per heavy atom. The highest BCUT2D eigenvalue weighted by molar-refractivity contribution is 7.21. The lowest BCUT2D eigenvalue weighted by Gasteiger charge is -1.95. The second-order valence-corrected chi connectivity index (χ2v) is 4.70. The molecule has 0 saturated carbocycles. The fraction of sp³-hybridized carbons (Fsp3) is 0.0769. The predicted octanol–water partition coefficient (Wildman–Crippen LogP) is 3.40. The van der Waals surface area contributed by atoms with E-state index >= 15 is 0 Å². The van der Waals surface area contributed by atoms with Gasteiger partial charge in [0.05, 0.1) is 10.2 Å². The fourth-order valence-corrected chi connectivity index (χ4v) is 2.60. The highest BCUT2D eigenvalue weighted by Gasteiger charge is 2.06. The van der Waals surface area contributed by atoms with Crippen molar-refractivity contribution in [3.05, 3.63) is 42.6 Å². The summed E-state index contributed by atoms with van der Waals surface area (Å²) in [6.45, 7) is 0. The normalized spacial score (nSPS) is 10.6. The Bertz CT molecular complexity index is 646. The first-order chi connectivity index (χ1) is 8.36. The molecule has 0 unspecified atom stereocenters. The lowest BCUT2D eigenvalue weighted by molar-refractivity contribution is 1.31. The third kappa shape index (κ3) is 1.87. The van der Waals surface area contributed by atoms with Crippen molar-refractivity contribution >= 4 is 27.4 Å². The largest absolute Gasteiger partial charge is 0.373 e. The van der Waals surface area contributed by atoms with E-state index in [1.807, 2.05) is 37.5 Å². The molecular formula is C13H11N3S. The number of pyridine rings is 1. The van der Waals surface area contributed by atoms with Crippen LogP contribution in [0.1, 0.15) is 0 Å². The van der Waals surface area contributed by atoms with Gasteiger partial charge in [-0.15, -0.1) is 11.3 Å². The molecule has 1 aromatic carbocycles. The second-order valence-electron chi connectivity index (χ2n) is 3.67. The third-order valence-corrected chi connectivity index (χ3v) is 3.61. The summed E-state index contributed by atoms with van der Waals surface area (Å²) in [4.78, 5) is 8.92. The van der Waals surface area contributed by atoms with Crippen LogP contribution in [0.15, 0.2) is 42.6 Å². The number of aromatic nitrogens is 2. The molecule has 2 heterocycles. The van der Waals surface area contributed by atoms with Crippen molar-refractivity contribution in [2.45, 2.75) is 0 Å². The van der Waals surface area contributed by atoms with E-state index in [4.69, 9.17) is 0 Å². The van der Waals surface area contributed by atoms with Crippen molar-refractivity contribution in [1.29, 1.82) is 0 Å². The van der Waals surface area contributed by atoms with Gasteiger partial charge in [0.2, 0.25) is 0 Å². The van der Waals surface area contributed by atoms with Crippen LogP contribution < -0.4 is 5.32 Å². The molecule has 1 N–H and O–H groups in total. The van der Waals surface area contributed by atoms with Crippen molar-refractivity contribution in [3.8, 4) is 10.6 Å². The van der Waals surface area contributed by atoms with E-state index in [2.05, 4.69) is 27.4 Å². The standard InChI is InChI=1S/C13H11N3S/c1-14-12-7-10-11(8-15-12)17-13(16-10)9-5-3-2-4-6-9/h2-8H,1H3,(H,14,15). The van der Waals surface area contributed by atoms with Gasteiger partial charge < -0.3 is 5.32 Å². The van der Waals surface area contributed by atoms with E-state index in [0.717, 1.165) is 26.6 Å². The van der Waals surface area contributed by atoms with Crippen molar-refractivity contribution in [1.82, 2.24) is 9.97 Å². The highest BCUT2D eigenvalue weighted by Crippen LogP contribution is 2.30. The lowest BCUT2D eigenvalue weighted by atomic mass is 10.2. The van der Waals surface area contributed by atoms with Crippen molar-refractivity contribution < 1.29 is 0 Å². The Morgan fingerprint density at radius 3 is 2.76 bits per heavy atom. The molecule has 0 aliphatic rings. The summed E-state index contributed by atoms with van der Waals surface area (Å²) in [5.74, 6) is 0.849. The molecule has 0 bridgehead atoms. The molecule has 0 spiro atoms. The number of thiazole rings is 1. The first kappa shape index (κ1) is 10.2. The van der Waals surface area contributed by atoms with Gasteiger partial charge in [0, 0.05) is 24.9 Å². The minimum Gasteiger partial charge on any atom is -0.373 e. The van der Waals surface area contributed by atoms with Crippen LogP contribution in [0, 0.1) is 0 Å². The van der Waals surface area contributed by atoms with E-state index < -0.39 is 0 Å². The number of benzene rings is 1. The van der Waals surface area contributed by atoms with E-state index in [-0.39, 0.29) is 0 Å². The van der Waals surface area contributed by atoms with Crippen LogP contribution >= 0.6 is 11.3 Å². The van der Waals surface area contributed by atoms with Gasteiger partial charge in [-0.3, -0.25) is 0 Å². The Hall–Kier alpha value is -1.94. The van der Waals surface area contributed by atoms with E-state index in [1.165, 1.54) is 0 Å². The second kappa shape index (κ2) is 4.14. The molecule has 3 aromatic rings. The SMILES string of the molecule is CNc1cc2nc(-c3ccccc3)sc2cn1. The summed E-state index contributed by atoms with van der Waals surface area (Å²) in [6.07, 6.45) is 1.87. The van der Waals surface area contributed by atoms with Crippen LogP contribution in [-0.4, -0.2) is 17.0 Å². The average molecular weight is 241 g/mol. The molecule has 0 aliphatic carbocycles. The molecule has 0 atom stereocenters. The van der Waals surface area contributed by atoms with Gasteiger partial charge in [-0.05, 0) is 0 Å². The monoisotopic (exact) mass is 241 g/mol. The smallest absolute Gasteiger partial charge is 0.127 e. The third-order valence-electron chi connectivity index (χ3n) is 2.55. The number of anilines is 1. The Labute approximate surface area is 103 Å². The minimum absolute atomic E-state index is 0.849. The molecule has 3 rings (SSSR count). The number of fused-ring (bicyclic) bond motifs is 1. The van der Waals surface area contributed by atoms with Crippen LogP contribution in [0.4, 0.5) is 5.82 Å². The van der Waals surface area contributed by atoms with Gasteiger partial charge in [0.1, 0.15) is 10.8 Å². The minimum atomic E-state index is 0.849. The Morgan fingerprint density at radius 1 is 1.18 bits per heavy atom. The Balaban J connectivity index is 2.14. The van der Waals surface area contributed by atoms with E-state index in [1.54, 1.807) is 11.3 Å². The average Bonchev–Trinajstić information content (AvgIpc) is 2.82. The molecule has 17 heavy (non-hydrogen) atoms. The number of hydrogen-bond donors (Lipinski definition) is 1. The maximum Gasteiger partial charge on any atom is 0.127 e. The molecule has 0 fully saturated rings. The number of nitrogens with one attached hydrogen (secondary N) is 1. The summed E-state index contributed by atoms with van der Waals surface area (Å²) >= 11 is 1.67.